The molecule has 156 valence electrons. The van der Waals surface area contributed by atoms with Crippen LogP contribution in [0.15, 0.2) is 42.5 Å². The highest BCUT2D eigenvalue weighted by Gasteiger charge is 2.22. The highest BCUT2D eigenvalue weighted by Crippen LogP contribution is 2.38. The Morgan fingerprint density at radius 1 is 1.23 bits per heavy atom. The quantitative estimate of drug-likeness (QED) is 0.320. The number of nitro groups is 1. The number of rotatable bonds is 7. The Morgan fingerprint density at radius 3 is 2.53 bits per heavy atom. The minimum absolute atomic E-state index is 0.0322. The average molecular weight is 412 g/mol. The van der Waals surface area contributed by atoms with Crippen molar-refractivity contribution in [3.05, 3.63) is 63.7 Å². The Balaban J connectivity index is 1.62. The zero-order valence-corrected chi connectivity index (χ0v) is 16.4. The lowest BCUT2D eigenvalue weighted by Gasteiger charge is -2.12. The topological polar surface area (TPSA) is 117 Å². The zero-order chi connectivity index (χ0) is 21.7. The molecule has 3 rings (SSSR count). The van der Waals surface area contributed by atoms with E-state index in [9.17, 15) is 19.7 Å². The number of esters is 1. The van der Waals surface area contributed by atoms with E-state index in [0.29, 0.717) is 11.4 Å². The van der Waals surface area contributed by atoms with Crippen LogP contribution in [0.25, 0.3) is 6.08 Å². The molecule has 0 unspecified atom stereocenters. The van der Waals surface area contributed by atoms with E-state index in [4.69, 9.17) is 14.2 Å². The number of ether oxygens (including phenoxy) is 3. The third-order valence-corrected chi connectivity index (χ3v) is 4.41. The predicted molar refractivity (Wildman–Crippen MR) is 108 cm³/mol. The summed E-state index contributed by atoms with van der Waals surface area (Å²) in [5.74, 6) is -0.699. The second kappa shape index (κ2) is 9.08. The largest absolute Gasteiger partial charge is 0.454 e. The molecular formula is C21H20N2O7. The van der Waals surface area contributed by atoms with Gasteiger partial charge in [-0.1, -0.05) is 19.1 Å². The first-order valence-electron chi connectivity index (χ1n) is 9.24. The molecule has 1 aliphatic rings. The molecular weight excluding hydrogens is 392 g/mol. The summed E-state index contributed by atoms with van der Waals surface area (Å²) in [6.07, 6.45) is 2.08. The molecule has 2 aromatic rings. The van der Waals surface area contributed by atoms with E-state index in [0.717, 1.165) is 18.1 Å². The summed E-state index contributed by atoms with van der Waals surface area (Å²) in [4.78, 5) is 34.9. The molecule has 0 radical (unpaired) electrons. The smallest absolute Gasteiger partial charge is 0.331 e. The summed E-state index contributed by atoms with van der Waals surface area (Å²) < 4.78 is 15.4. The maximum absolute atomic E-state index is 12.2. The maximum Gasteiger partial charge on any atom is 0.331 e. The van der Waals surface area contributed by atoms with Crippen LogP contribution in [-0.4, -0.2) is 29.7 Å². The van der Waals surface area contributed by atoms with Gasteiger partial charge in [0.15, 0.2) is 17.6 Å². The second-order valence-corrected chi connectivity index (χ2v) is 6.47. The molecule has 0 saturated heterocycles. The van der Waals surface area contributed by atoms with E-state index >= 15 is 0 Å². The van der Waals surface area contributed by atoms with Crippen molar-refractivity contribution < 1.29 is 28.7 Å². The van der Waals surface area contributed by atoms with Gasteiger partial charge in [-0.25, -0.2) is 4.79 Å². The third-order valence-electron chi connectivity index (χ3n) is 4.41. The molecule has 0 saturated carbocycles. The van der Waals surface area contributed by atoms with Crippen molar-refractivity contribution in [1.29, 1.82) is 0 Å². The van der Waals surface area contributed by atoms with Crippen LogP contribution in [0.4, 0.5) is 11.4 Å². The molecule has 0 aromatic heterocycles. The van der Waals surface area contributed by atoms with Crippen LogP contribution in [0.2, 0.25) is 0 Å². The van der Waals surface area contributed by atoms with Gasteiger partial charge in [-0.2, -0.15) is 0 Å². The Hall–Kier alpha value is -3.88. The number of carbonyl (C=O) groups is 2. The summed E-state index contributed by atoms with van der Waals surface area (Å²) in [7, 11) is 0. The fourth-order valence-electron chi connectivity index (χ4n) is 2.73. The van der Waals surface area contributed by atoms with Gasteiger partial charge in [0.1, 0.15) is 0 Å². The van der Waals surface area contributed by atoms with Crippen LogP contribution < -0.4 is 14.8 Å². The van der Waals surface area contributed by atoms with E-state index in [1.54, 1.807) is 12.1 Å². The van der Waals surface area contributed by atoms with Gasteiger partial charge in [0.2, 0.25) is 6.79 Å². The monoisotopic (exact) mass is 412 g/mol. The van der Waals surface area contributed by atoms with E-state index in [2.05, 4.69) is 5.32 Å². The van der Waals surface area contributed by atoms with Crippen molar-refractivity contribution in [2.45, 2.75) is 26.4 Å². The first kappa shape index (κ1) is 20.8. The van der Waals surface area contributed by atoms with Crippen LogP contribution >= 0.6 is 0 Å². The zero-order valence-electron chi connectivity index (χ0n) is 16.4. The number of anilines is 1. The molecule has 1 atom stereocenters. The number of benzene rings is 2. The molecule has 9 heteroatoms. The first-order chi connectivity index (χ1) is 14.4. The van der Waals surface area contributed by atoms with Gasteiger partial charge in [0.05, 0.1) is 16.6 Å². The maximum atomic E-state index is 12.2. The fourth-order valence-corrected chi connectivity index (χ4v) is 2.73. The molecule has 30 heavy (non-hydrogen) atoms. The Labute approximate surface area is 172 Å². The fraction of sp³-hybridized carbons (Fsp3) is 0.238. The molecule has 1 N–H and O–H groups in total. The highest BCUT2D eigenvalue weighted by atomic mass is 16.7. The van der Waals surface area contributed by atoms with Gasteiger partial charge in [-0.3, -0.25) is 14.9 Å². The van der Waals surface area contributed by atoms with Crippen LogP contribution in [0, 0.1) is 10.1 Å². The molecule has 0 spiro atoms. The number of hydrogen-bond donors (Lipinski definition) is 1. The number of fused-ring (bicyclic) bond motifs is 1. The summed E-state index contributed by atoms with van der Waals surface area (Å²) in [6, 6.07) is 9.96. The lowest BCUT2D eigenvalue weighted by molar-refractivity contribution is -0.385. The molecule has 1 amide bonds. The number of nitrogens with one attached hydrogen (secondary N) is 1. The van der Waals surface area contributed by atoms with Gasteiger partial charge >= 0.3 is 5.97 Å². The number of nitrogens with zero attached hydrogens (tertiary/aromatic N) is 1. The second-order valence-electron chi connectivity index (χ2n) is 6.47. The van der Waals surface area contributed by atoms with E-state index in [-0.39, 0.29) is 23.8 Å². The van der Waals surface area contributed by atoms with Gasteiger partial charge < -0.3 is 19.5 Å². The number of amides is 1. The highest BCUT2D eigenvalue weighted by molar-refractivity contribution is 5.96. The number of nitro benzene ring substituents is 1. The van der Waals surface area contributed by atoms with Crippen molar-refractivity contribution >= 4 is 29.3 Å². The standard InChI is InChI=1S/C21H20N2O7/c1-3-14-4-7-16(8-5-14)22-21(25)13(2)30-20(24)9-6-15-10-18-19(29-12-28-18)11-17(15)23(26)27/h4-11,13H,3,12H2,1-2H3,(H,22,25)/b9-6+/t13-/m0/s1. The van der Waals surface area contributed by atoms with Crippen LogP contribution in [-0.2, 0) is 20.7 Å². The molecule has 2 aromatic carbocycles. The van der Waals surface area contributed by atoms with Crippen molar-refractivity contribution in [3.8, 4) is 11.5 Å². The normalized spacial score (nSPS) is 13.1. The predicted octanol–water partition coefficient (Wildman–Crippen LogP) is 3.47. The SMILES string of the molecule is CCc1ccc(NC(=O)[C@H](C)OC(=O)/C=C/c2cc3c(cc2[N+](=O)[O-])OCO3)cc1. The number of carbonyl (C=O) groups excluding carboxylic acids is 2. The molecule has 9 nitrogen and oxygen atoms in total. The van der Waals surface area contributed by atoms with Gasteiger partial charge in [-0.05, 0) is 43.2 Å². The van der Waals surface area contributed by atoms with Gasteiger partial charge in [0, 0.05) is 11.8 Å². The average Bonchev–Trinajstić information content (AvgIpc) is 3.19. The molecule has 1 heterocycles. The van der Waals surface area contributed by atoms with E-state index in [1.165, 1.54) is 25.1 Å². The van der Waals surface area contributed by atoms with E-state index in [1.807, 2.05) is 19.1 Å². The summed E-state index contributed by atoms with van der Waals surface area (Å²) >= 11 is 0. The molecule has 0 bridgehead atoms. The Morgan fingerprint density at radius 2 is 1.90 bits per heavy atom. The van der Waals surface area contributed by atoms with E-state index < -0.39 is 22.9 Å². The number of aryl methyl sites for hydroxylation is 1. The first-order valence-corrected chi connectivity index (χ1v) is 9.24. The van der Waals surface area contributed by atoms with Crippen LogP contribution in [0.3, 0.4) is 0 Å². The summed E-state index contributed by atoms with van der Waals surface area (Å²) in [5.41, 5.74) is 1.63. The Bertz CT molecular complexity index is 999. The van der Waals surface area contributed by atoms with Gasteiger partial charge in [-0.15, -0.1) is 0 Å². The van der Waals surface area contributed by atoms with Gasteiger partial charge in [0.25, 0.3) is 11.6 Å². The van der Waals surface area contributed by atoms with Crippen molar-refractivity contribution in [2.75, 3.05) is 12.1 Å². The minimum Gasteiger partial charge on any atom is -0.454 e. The number of hydrogen-bond acceptors (Lipinski definition) is 7. The third kappa shape index (κ3) is 4.93. The Kier molecular flexibility index (Phi) is 6.31. The van der Waals surface area contributed by atoms with Crippen molar-refractivity contribution in [2.24, 2.45) is 0 Å². The minimum atomic E-state index is -1.06. The lowest BCUT2D eigenvalue weighted by atomic mass is 10.1. The summed E-state index contributed by atoms with van der Waals surface area (Å²) in [6.45, 7) is 3.43. The van der Waals surface area contributed by atoms with Crippen LogP contribution in [0.5, 0.6) is 11.5 Å². The summed E-state index contributed by atoms with van der Waals surface area (Å²) in [5, 5.41) is 13.9. The molecule has 0 fully saturated rings. The van der Waals surface area contributed by atoms with Crippen molar-refractivity contribution in [1.82, 2.24) is 0 Å². The molecule has 1 aliphatic heterocycles. The van der Waals surface area contributed by atoms with Crippen LogP contribution in [0.1, 0.15) is 25.0 Å². The van der Waals surface area contributed by atoms with Crippen molar-refractivity contribution in [3.63, 3.8) is 0 Å². The lowest BCUT2D eigenvalue weighted by Crippen LogP contribution is -2.29. The molecule has 0 aliphatic carbocycles.